The molecule has 1 amide bonds. The zero-order chi connectivity index (χ0) is 14.6. The van der Waals surface area contributed by atoms with Crippen LogP contribution in [0.1, 0.15) is 13.8 Å². The molecule has 6 nitrogen and oxygen atoms in total. The van der Waals surface area contributed by atoms with Crippen LogP contribution in [-0.4, -0.2) is 15.9 Å². The van der Waals surface area contributed by atoms with Crippen molar-refractivity contribution in [2.75, 3.05) is 5.32 Å². The van der Waals surface area contributed by atoms with E-state index in [0.29, 0.717) is 0 Å². The molecule has 0 unspecified atom stereocenters. The van der Waals surface area contributed by atoms with Gasteiger partial charge in [0, 0.05) is 18.1 Å². The lowest BCUT2D eigenvalue weighted by molar-refractivity contribution is -0.384. The van der Waals surface area contributed by atoms with Crippen LogP contribution in [0.3, 0.4) is 0 Å². The Kier molecular flexibility index (Phi) is 4.87. The molecule has 0 atom stereocenters. The van der Waals surface area contributed by atoms with Crippen LogP contribution >= 0.6 is 12.2 Å². The molecule has 0 radical (unpaired) electrons. The van der Waals surface area contributed by atoms with Gasteiger partial charge in [-0.15, -0.1) is 0 Å². The minimum Gasteiger partial charge on any atom is -0.330 e. The Bertz CT molecular complexity index is 534. The van der Waals surface area contributed by atoms with Crippen LogP contribution in [0.25, 0.3) is 0 Å². The summed E-state index contributed by atoms with van der Waals surface area (Å²) < 4.78 is 13.4. The van der Waals surface area contributed by atoms with E-state index in [2.05, 4.69) is 10.6 Å². The maximum Gasteiger partial charge on any atom is 0.271 e. The number of nitrogens with one attached hydrogen (secondary N) is 2. The third-order valence-corrected chi connectivity index (χ3v) is 2.37. The van der Waals surface area contributed by atoms with Crippen LogP contribution in [0.2, 0.25) is 0 Å². The summed E-state index contributed by atoms with van der Waals surface area (Å²) in [5.41, 5.74) is -0.440. The maximum atomic E-state index is 13.4. The van der Waals surface area contributed by atoms with Crippen molar-refractivity contribution in [3.05, 3.63) is 34.1 Å². The fraction of sp³-hybridized carbons (Fsp3) is 0.273. The Morgan fingerprint density at radius 1 is 1.47 bits per heavy atom. The van der Waals surface area contributed by atoms with E-state index in [4.69, 9.17) is 12.2 Å². The summed E-state index contributed by atoms with van der Waals surface area (Å²) >= 11 is 4.82. The Labute approximate surface area is 114 Å². The van der Waals surface area contributed by atoms with Crippen LogP contribution in [-0.2, 0) is 4.79 Å². The first kappa shape index (κ1) is 15.0. The van der Waals surface area contributed by atoms with E-state index in [9.17, 15) is 19.3 Å². The van der Waals surface area contributed by atoms with Crippen LogP contribution in [0.5, 0.6) is 0 Å². The number of carbonyl (C=O) groups is 1. The van der Waals surface area contributed by atoms with Gasteiger partial charge in [-0.25, -0.2) is 4.39 Å². The van der Waals surface area contributed by atoms with Gasteiger partial charge in [0.15, 0.2) is 5.11 Å². The van der Waals surface area contributed by atoms with Gasteiger partial charge in [0.05, 0.1) is 10.6 Å². The topological polar surface area (TPSA) is 84.3 Å². The molecule has 1 aromatic carbocycles. The van der Waals surface area contributed by atoms with Crippen molar-refractivity contribution in [2.24, 2.45) is 5.92 Å². The Morgan fingerprint density at radius 2 is 2.11 bits per heavy atom. The highest BCUT2D eigenvalue weighted by atomic mass is 32.1. The molecule has 102 valence electrons. The molecule has 8 heteroatoms. The number of halogens is 1. The number of nitro benzene ring substituents is 1. The summed E-state index contributed by atoms with van der Waals surface area (Å²) in [5.74, 6) is -1.32. The Hall–Kier alpha value is -2.09. The van der Waals surface area contributed by atoms with Gasteiger partial charge in [-0.2, -0.15) is 0 Å². The number of non-ortho nitro benzene ring substituents is 1. The molecular formula is C11H12FN3O3S. The summed E-state index contributed by atoms with van der Waals surface area (Å²) in [7, 11) is 0. The average Bonchev–Trinajstić information content (AvgIpc) is 2.31. The summed E-state index contributed by atoms with van der Waals surface area (Å²) in [6, 6.07) is 2.99. The van der Waals surface area contributed by atoms with Crippen molar-refractivity contribution in [3.8, 4) is 0 Å². The lowest BCUT2D eigenvalue weighted by Gasteiger charge is -2.11. The first-order chi connectivity index (χ1) is 8.81. The smallest absolute Gasteiger partial charge is 0.271 e. The number of anilines is 1. The molecule has 0 bridgehead atoms. The van der Waals surface area contributed by atoms with E-state index in [-0.39, 0.29) is 28.3 Å². The number of carbonyl (C=O) groups excluding carboxylic acids is 1. The molecule has 19 heavy (non-hydrogen) atoms. The van der Waals surface area contributed by atoms with E-state index < -0.39 is 10.7 Å². The van der Waals surface area contributed by atoms with Crippen molar-refractivity contribution < 1.29 is 14.1 Å². The Morgan fingerprint density at radius 3 is 2.63 bits per heavy atom. The number of rotatable bonds is 3. The largest absolute Gasteiger partial charge is 0.330 e. The van der Waals surface area contributed by atoms with Crippen LogP contribution < -0.4 is 10.6 Å². The number of nitro groups is 1. The molecule has 0 aromatic heterocycles. The third-order valence-electron chi connectivity index (χ3n) is 2.17. The van der Waals surface area contributed by atoms with Gasteiger partial charge in [-0.3, -0.25) is 14.9 Å². The molecule has 0 saturated carbocycles. The molecule has 0 heterocycles. The number of nitrogens with zero attached hydrogens (tertiary/aromatic N) is 1. The highest BCUT2D eigenvalue weighted by molar-refractivity contribution is 7.80. The van der Waals surface area contributed by atoms with Crippen molar-refractivity contribution in [2.45, 2.75) is 13.8 Å². The van der Waals surface area contributed by atoms with Gasteiger partial charge in [-0.05, 0) is 18.3 Å². The van der Waals surface area contributed by atoms with Crippen molar-refractivity contribution in [1.82, 2.24) is 5.32 Å². The molecule has 2 N–H and O–H groups in total. The SMILES string of the molecule is CC(C)C(=O)NC(=S)Nc1cc([N+](=O)[O-])ccc1F. The number of thiocarbonyl (C=S) groups is 1. The lowest BCUT2D eigenvalue weighted by atomic mass is 10.2. The molecule has 0 aliphatic heterocycles. The molecule has 0 fully saturated rings. The minimum absolute atomic E-state index is 0.113. The van der Waals surface area contributed by atoms with Gasteiger partial charge in [0.2, 0.25) is 5.91 Å². The van der Waals surface area contributed by atoms with Crippen LogP contribution in [0.15, 0.2) is 18.2 Å². The molecule has 1 aromatic rings. The van der Waals surface area contributed by atoms with Crippen LogP contribution in [0.4, 0.5) is 15.8 Å². The monoisotopic (exact) mass is 285 g/mol. The van der Waals surface area contributed by atoms with Crippen molar-refractivity contribution in [3.63, 3.8) is 0 Å². The normalized spacial score (nSPS) is 10.1. The van der Waals surface area contributed by atoms with Crippen molar-refractivity contribution in [1.29, 1.82) is 0 Å². The van der Waals surface area contributed by atoms with Gasteiger partial charge in [0.1, 0.15) is 5.82 Å². The highest BCUT2D eigenvalue weighted by Crippen LogP contribution is 2.21. The molecule has 1 rings (SSSR count). The van der Waals surface area contributed by atoms with E-state index in [1.165, 1.54) is 0 Å². The number of amides is 1. The molecule has 0 saturated heterocycles. The summed E-state index contributed by atoms with van der Waals surface area (Å²) in [5, 5.41) is 15.2. The van der Waals surface area contributed by atoms with Gasteiger partial charge in [-0.1, -0.05) is 13.8 Å². The third kappa shape index (κ3) is 4.25. The molecular weight excluding hydrogens is 273 g/mol. The van der Waals surface area contributed by atoms with Gasteiger partial charge in [0.25, 0.3) is 5.69 Å². The van der Waals surface area contributed by atoms with Crippen molar-refractivity contribution >= 4 is 34.6 Å². The average molecular weight is 285 g/mol. The standard InChI is InChI=1S/C11H12FN3O3S/c1-6(2)10(16)14-11(19)13-9-5-7(15(17)18)3-4-8(9)12/h3-6H,1-2H3,(H2,13,14,16,19). The fourth-order valence-electron chi connectivity index (χ4n) is 1.13. The van der Waals surface area contributed by atoms with E-state index in [0.717, 1.165) is 18.2 Å². The van der Waals surface area contributed by atoms with E-state index in [1.54, 1.807) is 13.8 Å². The summed E-state index contributed by atoms with van der Waals surface area (Å²) in [4.78, 5) is 21.3. The number of benzene rings is 1. The second kappa shape index (κ2) is 6.19. The minimum atomic E-state index is -0.702. The first-order valence-corrected chi connectivity index (χ1v) is 5.78. The lowest BCUT2D eigenvalue weighted by Crippen LogP contribution is -2.36. The zero-order valence-corrected chi connectivity index (χ0v) is 11.1. The summed E-state index contributed by atoms with van der Waals surface area (Å²) in [6.07, 6.45) is 0. The number of hydrogen-bond acceptors (Lipinski definition) is 4. The molecule has 0 spiro atoms. The second-order valence-electron chi connectivity index (χ2n) is 4.02. The van der Waals surface area contributed by atoms with E-state index >= 15 is 0 Å². The van der Waals surface area contributed by atoms with Gasteiger partial charge >= 0.3 is 0 Å². The maximum absolute atomic E-state index is 13.4. The molecule has 0 aliphatic rings. The second-order valence-corrected chi connectivity index (χ2v) is 4.43. The van der Waals surface area contributed by atoms with E-state index in [1.807, 2.05) is 0 Å². The zero-order valence-electron chi connectivity index (χ0n) is 10.3. The molecule has 0 aliphatic carbocycles. The fourth-order valence-corrected chi connectivity index (χ4v) is 1.34. The Balaban J connectivity index is 2.81. The van der Waals surface area contributed by atoms with Crippen LogP contribution in [0, 0.1) is 21.8 Å². The first-order valence-electron chi connectivity index (χ1n) is 5.37. The quantitative estimate of drug-likeness (QED) is 0.505. The van der Waals surface area contributed by atoms with Gasteiger partial charge < -0.3 is 10.6 Å². The predicted molar refractivity (Wildman–Crippen MR) is 72.3 cm³/mol. The number of hydrogen-bond donors (Lipinski definition) is 2. The summed E-state index contributed by atoms with van der Waals surface area (Å²) in [6.45, 7) is 3.35. The predicted octanol–water partition coefficient (Wildman–Crippen LogP) is 2.20. The highest BCUT2D eigenvalue weighted by Gasteiger charge is 2.13.